The summed E-state index contributed by atoms with van der Waals surface area (Å²) in [5.74, 6) is -2.72. The molecule has 0 aromatic heterocycles. The van der Waals surface area contributed by atoms with E-state index in [2.05, 4.69) is 11.9 Å². The average Bonchev–Trinajstić information content (AvgIpc) is 2.59. The summed E-state index contributed by atoms with van der Waals surface area (Å²) in [4.78, 5) is 33.6. The first-order valence-electron chi connectivity index (χ1n) is 8.93. The van der Waals surface area contributed by atoms with Crippen molar-refractivity contribution in [2.24, 2.45) is 5.92 Å². The molecule has 0 saturated carbocycles. The van der Waals surface area contributed by atoms with E-state index in [-0.39, 0.29) is 76.5 Å². The smallest absolute Gasteiger partial charge is 0.305 e. The molecule has 162 valence electrons. The molecule has 0 fully saturated rings. The molecule has 10 nitrogen and oxygen atoms in total. The van der Waals surface area contributed by atoms with Gasteiger partial charge in [0.1, 0.15) is 5.54 Å². The summed E-state index contributed by atoms with van der Waals surface area (Å²) in [5.41, 5.74) is -1.14. The zero-order valence-corrected chi connectivity index (χ0v) is 16.4. The normalized spacial score (nSPS) is 11.4. The molecule has 0 bridgehead atoms. The van der Waals surface area contributed by atoms with Crippen molar-refractivity contribution in [1.82, 2.24) is 5.32 Å². The molecular weight excluding hydrogens is 374 g/mol. The number of hydrogen-bond acceptors (Lipinski definition) is 7. The number of aliphatic carboxylic acids is 2. The van der Waals surface area contributed by atoms with E-state index in [1.807, 2.05) is 0 Å². The molecule has 0 aliphatic rings. The van der Waals surface area contributed by atoms with Gasteiger partial charge < -0.3 is 34.8 Å². The lowest BCUT2D eigenvalue weighted by atomic mass is 10.0. The summed E-state index contributed by atoms with van der Waals surface area (Å²) in [6.07, 6.45) is -0.216. The van der Waals surface area contributed by atoms with E-state index < -0.39 is 17.5 Å². The number of aliphatic hydroxyl groups excluding tert-OH is 1. The summed E-state index contributed by atoms with van der Waals surface area (Å²) < 4.78 is 16.3. The van der Waals surface area contributed by atoms with Crippen LogP contribution in [0.5, 0.6) is 0 Å². The maximum absolute atomic E-state index is 12.3. The van der Waals surface area contributed by atoms with E-state index in [4.69, 9.17) is 29.5 Å². The maximum atomic E-state index is 12.3. The largest absolute Gasteiger partial charge is 0.513 e. The minimum absolute atomic E-state index is 0.0428. The Morgan fingerprint density at radius 2 is 1.25 bits per heavy atom. The van der Waals surface area contributed by atoms with Gasteiger partial charge in [-0.1, -0.05) is 20.4 Å². The molecule has 28 heavy (non-hydrogen) atoms. The molecular formula is C18H31NO9. The molecule has 0 aromatic rings. The van der Waals surface area contributed by atoms with Crippen LogP contribution in [0.3, 0.4) is 0 Å². The second-order valence-electron chi connectivity index (χ2n) is 6.69. The fraction of sp³-hybridized carbons (Fsp3) is 0.722. The Balaban J connectivity index is 5.10. The van der Waals surface area contributed by atoms with Gasteiger partial charge >= 0.3 is 11.9 Å². The van der Waals surface area contributed by atoms with Crippen molar-refractivity contribution in [3.63, 3.8) is 0 Å². The van der Waals surface area contributed by atoms with E-state index in [1.165, 1.54) is 0 Å². The Kier molecular flexibility index (Phi) is 12.8. The number of carboxylic acids is 2. The van der Waals surface area contributed by atoms with Crippen LogP contribution in [0.4, 0.5) is 0 Å². The Morgan fingerprint density at radius 3 is 1.57 bits per heavy atom. The fourth-order valence-electron chi connectivity index (χ4n) is 1.95. The highest BCUT2D eigenvalue weighted by Crippen LogP contribution is 2.12. The molecule has 10 heteroatoms. The molecule has 0 saturated heterocycles. The monoisotopic (exact) mass is 405 g/mol. The SMILES string of the molecule is C=C(O)CCOCC(COCCC(=O)O)(COCCC(=O)O)NC(=O)C(C)C. The van der Waals surface area contributed by atoms with Gasteiger partial charge in [-0.2, -0.15) is 0 Å². The molecule has 0 heterocycles. The lowest BCUT2D eigenvalue weighted by molar-refractivity contribution is -0.140. The van der Waals surface area contributed by atoms with Gasteiger partial charge in [0.05, 0.1) is 58.2 Å². The minimum Gasteiger partial charge on any atom is -0.513 e. The maximum Gasteiger partial charge on any atom is 0.305 e. The quantitative estimate of drug-likeness (QED) is 0.205. The van der Waals surface area contributed by atoms with Crippen molar-refractivity contribution in [3.8, 4) is 0 Å². The summed E-state index contributed by atoms with van der Waals surface area (Å²) >= 11 is 0. The third-order valence-corrected chi connectivity index (χ3v) is 3.50. The number of aliphatic hydroxyl groups is 1. The summed E-state index contributed by atoms with van der Waals surface area (Å²) in [6, 6.07) is 0. The van der Waals surface area contributed by atoms with Crippen LogP contribution in [0, 0.1) is 5.92 Å². The van der Waals surface area contributed by atoms with Crippen molar-refractivity contribution < 1.29 is 43.9 Å². The number of hydrogen-bond donors (Lipinski definition) is 4. The topological polar surface area (TPSA) is 152 Å². The van der Waals surface area contributed by atoms with Gasteiger partial charge in [-0.25, -0.2) is 0 Å². The van der Waals surface area contributed by atoms with Crippen LogP contribution in [-0.4, -0.2) is 78.3 Å². The number of carbonyl (C=O) groups excluding carboxylic acids is 1. The second-order valence-corrected chi connectivity index (χ2v) is 6.69. The third kappa shape index (κ3) is 13.1. The molecule has 0 spiro atoms. The Bertz CT molecular complexity index is 464. The Morgan fingerprint density at radius 1 is 0.857 bits per heavy atom. The van der Waals surface area contributed by atoms with E-state index in [0.717, 1.165) is 0 Å². The summed E-state index contributed by atoms with van der Waals surface area (Å²) in [6.45, 7) is 6.53. The van der Waals surface area contributed by atoms with Gasteiger partial charge in [0, 0.05) is 12.3 Å². The van der Waals surface area contributed by atoms with E-state index in [1.54, 1.807) is 13.8 Å². The standard InChI is InChI=1S/C18H31NO9/c1-13(2)17(25)19-18(10-26-7-4-14(3)20,11-27-8-5-15(21)22)12-28-9-6-16(23)24/h13,20H,3-12H2,1-2H3,(H,19,25)(H,21,22)(H,23,24). The van der Waals surface area contributed by atoms with Gasteiger partial charge in [0.25, 0.3) is 0 Å². The van der Waals surface area contributed by atoms with Crippen LogP contribution >= 0.6 is 0 Å². The van der Waals surface area contributed by atoms with Crippen molar-refractivity contribution in [3.05, 3.63) is 12.3 Å². The summed E-state index contributed by atoms with van der Waals surface area (Å²) in [7, 11) is 0. The first-order chi connectivity index (χ1) is 13.1. The minimum atomic E-state index is -1.14. The van der Waals surface area contributed by atoms with E-state index >= 15 is 0 Å². The number of nitrogens with one attached hydrogen (secondary N) is 1. The van der Waals surface area contributed by atoms with Crippen LogP contribution in [-0.2, 0) is 28.6 Å². The van der Waals surface area contributed by atoms with Crippen LogP contribution in [0.1, 0.15) is 33.1 Å². The second kappa shape index (κ2) is 13.9. The van der Waals surface area contributed by atoms with Crippen molar-refractivity contribution in [2.75, 3.05) is 39.6 Å². The van der Waals surface area contributed by atoms with Crippen LogP contribution in [0.25, 0.3) is 0 Å². The third-order valence-electron chi connectivity index (χ3n) is 3.50. The predicted octanol–water partition coefficient (Wildman–Crippen LogP) is 0.958. The van der Waals surface area contributed by atoms with Gasteiger partial charge in [0.15, 0.2) is 0 Å². The molecule has 0 aliphatic heterocycles. The highest BCUT2D eigenvalue weighted by Gasteiger charge is 2.34. The summed E-state index contributed by atoms with van der Waals surface area (Å²) in [5, 5.41) is 29.4. The van der Waals surface area contributed by atoms with Gasteiger partial charge in [-0.3, -0.25) is 14.4 Å². The fourth-order valence-corrected chi connectivity index (χ4v) is 1.95. The zero-order valence-electron chi connectivity index (χ0n) is 16.4. The first kappa shape index (κ1) is 25.8. The number of rotatable bonds is 17. The average molecular weight is 405 g/mol. The van der Waals surface area contributed by atoms with Gasteiger partial charge in [0.2, 0.25) is 5.91 Å². The number of amides is 1. The lowest BCUT2D eigenvalue weighted by Crippen LogP contribution is -2.59. The molecule has 0 aromatic carbocycles. The highest BCUT2D eigenvalue weighted by atomic mass is 16.5. The van der Waals surface area contributed by atoms with Crippen molar-refractivity contribution in [1.29, 1.82) is 0 Å². The van der Waals surface area contributed by atoms with Crippen LogP contribution in [0.15, 0.2) is 12.3 Å². The lowest BCUT2D eigenvalue weighted by Gasteiger charge is -2.34. The predicted molar refractivity (Wildman–Crippen MR) is 99.1 cm³/mol. The molecule has 4 N–H and O–H groups in total. The molecule has 0 radical (unpaired) electrons. The molecule has 1 amide bonds. The van der Waals surface area contributed by atoms with Gasteiger partial charge in [-0.15, -0.1) is 0 Å². The molecule has 0 aliphatic carbocycles. The Hall–Kier alpha value is -2.17. The number of carbonyl (C=O) groups is 3. The van der Waals surface area contributed by atoms with E-state index in [0.29, 0.717) is 0 Å². The molecule has 0 unspecified atom stereocenters. The first-order valence-corrected chi connectivity index (χ1v) is 8.93. The van der Waals surface area contributed by atoms with Crippen molar-refractivity contribution in [2.45, 2.75) is 38.6 Å². The Labute approximate surface area is 164 Å². The molecule has 0 rings (SSSR count). The zero-order chi connectivity index (χ0) is 21.6. The number of ether oxygens (including phenoxy) is 3. The van der Waals surface area contributed by atoms with Crippen LogP contribution < -0.4 is 5.32 Å². The van der Waals surface area contributed by atoms with E-state index in [9.17, 15) is 14.4 Å². The van der Waals surface area contributed by atoms with Crippen molar-refractivity contribution >= 4 is 17.8 Å². The van der Waals surface area contributed by atoms with Gasteiger partial charge in [-0.05, 0) is 0 Å². The molecule has 0 atom stereocenters. The number of carboxylic acid groups (broad SMARTS) is 2. The van der Waals surface area contributed by atoms with Crippen LogP contribution in [0.2, 0.25) is 0 Å². The highest BCUT2D eigenvalue weighted by molar-refractivity contribution is 5.78.